The van der Waals surface area contributed by atoms with Crippen LogP contribution in [0.4, 0.5) is 0 Å². The van der Waals surface area contributed by atoms with Crippen molar-refractivity contribution in [2.75, 3.05) is 0 Å². The van der Waals surface area contributed by atoms with Crippen molar-refractivity contribution in [3.8, 4) is 5.75 Å². The molecular formula is C28H34O7. The summed E-state index contributed by atoms with van der Waals surface area (Å²) in [6.45, 7) is 8.60. The van der Waals surface area contributed by atoms with Gasteiger partial charge in [-0.05, 0) is 61.1 Å². The largest absolute Gasteiger partial charge is 0.507 e. The van der Waals surface area contributed by atoms with E-state index in [-0.39, 0.29) is 23.7 Å². The highest BCUT2D eigenvalue weighted by atomic mass is 16.3. The molecule has 35 heavy (non-hydrogen) atoms. The summed E-state index contributed by atoms with van der Waals surface area (Å²) in [5.74, 6) is -9.63. The summed E-state index contributed by atoms with van der Waals surface area (Å²) in [6, 6.07) is 1.92. The Morgan fingerprint density at radius 3 is 2.31 bits per heavy atom. The molecule has 0 aliphatic heterocycles. The summed E-state index contributed by atoms with van der Waals surface area (Å²) in [5, 5.41) is 22.7. The molecule has 6 atom stereocenters. The SMILES string of the molecule is CCCc1cc(CC)c2c(c1O)C(=O)C1C(=O)[C@@]3(O)C(=O)C(C(C)=O)C(=O)C(C(C)C)C3CC1C2. The van der Waals surface area contributed by atoms with E-state index in [0.717, 1.165) is 18.9 Å². The summed E-state index contributed by atoms with van der Waals surface area (Å²) in [5.41, 5.74) is -0.157. The Bertz CT molecular complexity index is 1150. The minimum Gasteiger partial charge on any atom is -0.507 e. The van der Waals surface area contributed by atoms with Crippen LogP contribution in [0.25, 0.3) is 0 Å². The summed E-state index contributed by atoms with van der Waals surface area (Å²) >= 11 is 0. The van der Waals surface area contributed by atoms with Crippen molar-refractivity contribution in [1.29, 1.82) is 0 Å². The molecule has 2 fully saturated rings. The Morgan fingerprint density at radius 2 is 1.77 bits per heavy atom. The van der Waals surface area contributed by atoms with Crippen LogP contribution >= 0.6 is 0 Å². The molecule has 3 aliphatic carbocycles. The molecular weight excluding hydrogens is 448 g/mol. The highest BCUT2D eigenvalue weighted by Crippen LogP contribution is 2.53. The molecule has 188 valence electrons. The predicted octanol–water partition coefficient (Wildman–Crippen LogP) is 2.83. The molecule has 2 N–H and O–H groups in total. The minimum absolute atomic E-state index is 0.118. The maximum Gasteiger partial charge on any atom is 0.190 e. The number of carbonyl (C=O) groups excluding carboxylic acids is 5. The molecule has 5 unspecified atom stereocenters. The van der Waals surface area contributed by atoms with Crippen molar-refractivity contribution < 1.29 is 34.2 Å². The topological polar surface area (TPSA) is 126 Å². The van der Waals surface area contributed by atoms with Gasteiger partial charge in [-0.2, -0.15) is 0 Å². The Balaban J connectivity index is 1.89. The summed E-state index contributed by atoms with van der Waals surface area (Å²) in [4.78, 5) is 66.5. The minimum atomic E-state index is -2.57. The molecule has 0 spiro atoms. The first-order valence-corrected chi connectivity index (χ1v) is 12.7. The van der Waals surface area contributed by atoms with E-state index in [4.69, 9.17) is 0 Å². The number of fused-ring (bicyclic) bond motifs is 3. The molecule has 2 saturated carbocycles. The zero-order valence-electron chi connectivity index (χ0n) is 21.0. The monoisotopic (exact) mass is 482 g/mol. The number of phenols is 1. The number of rotatable bonds is 5. The number of hydrogen-bond donors (Lipinski definition) is 2. The van der Waals surface area contributed by atoms with E-state index in [9.17, 15) is 34.2 Å². The van der Waals surface area contributed by atoms with Crippen molar-refractivity contribution in [2.24, 2.45) is 35.5 Å². The average Bonchev–Trinajstić information content (AvgIpc) is 2.77. The number of carbonyl (C=O) groups is 5. The number of phenolic OH excluding ortho intramolecular Hbond substituents is 1. The Hall–Kier alpha value is -2.67. The van der Waals surface area contributed by atoms with Gasteiger partial charge < -0.3 is 10.2 Å². The first-order valence-electron chi connectivity index (χ1n) is 12.7. The molecule has 0 saturated heterocycles. The molecule has 7 heteroatoms. The van der Waals surface area contributed by atoms with Crippen LogP contribution in [0.1, 0.15) is 74.5 Å². The van der Waals surface area contributed by atoms with Crippen molar-refractivity contribution in [3.63, 3.8) is 0 Å². The summed E-state index contributed by atoms with van der Waals surface area (Å²) in [6.07, 6.45) is 2.48. The van der Waals surface area contributed by atoms with Crippen LogP contribution in [0.5, 0.6) is 5.75 Å². The van der Waals surface area contributed by atoms with Gasteiger partial charge in [0.1, 0.15) is 17.5 Å². The molecule has 1 aromatic carbocycles. The van der Waals surface area contributed by atoms with Crippen LogP contribution in [-0.2, 0) is 38.4 Å². The van der Waals surface area contributed by atoms with Crippen molar-refractivity contribution in [3.05, 3.63) is 28.3 Å². The third-order valence-electron chi connectivity index (χ3n) is 8.51. The van der Waals surface area contributed by atoms with Gasteiger partial charge in [-0.1, -0.05) is 40.2 Å². The average molecular weight is 483 g/mol. The number of aromatic hydroxyl groups is 1. The molecule has 0 heterocycles. The molecule has 0 amide bonds. The second kappa shape index (κ2) is 8.77. The maximum atomic E-state index is 13.9. The fourth-order valence-electron chi connectivity index (χ4n) is 6.95. The van der Waals surface area contributed by atoms with Gasteiger partial charge in [-0.3, -0.25) is 24.0 Å². The second-order valence-electron chi connectivity index (χ2n) is 10.9. The van der Waals surface area contributed by atoms with E-state index in [2.05, 4.69) is 0 Å². The van der Waals surface area contributed by atoms with Gasteiger partial charge in [-0.25, -0.2) is 0 Å². The highest BCUT2D eigenvalue weighted by molar-refractivity contribution is 6.32. The summed E-state index contributed by atoms with van der Waals surface area (Å²) in [7, 11) is 0. The van der Waals surface area contributed by atoms with Crippen LogP contribution in [0.3, 0.4) is 0 Å². The van der Waals surface area contributed by atoms with E-state index < -0.39 is 64.1 Å². The van der Waals surface area contributed by atoms with Crippen LogP contribution in [0, 0.1) is 35.5 Å². The molecule has 1 aromatic rings. The molecule has 0 aromatic heterocycles. The Labute approximate surface area is 205 Å². The lowest BCUT2D eigenvalue weighted by Gasteiger charge is -2.52. The quantitative estimate of drug-likeness (QED) is 0.618. The van der Waals surface area contributed by atoms with Crippen molar-refractivity contribution in [2.45, 2.75) is 72.3 Å². The van der Waals surface area contributed by atoms with E-state index in [1.165, 1.54) is 0 Å². The number of hydrogen-bond acceptors (Lipinski definition) is 7. The number of benzene rings is 1. The second-order valence-corrected chi connectivity index (χ2v) is 10.9. The van der Waals surface area contributed by atoms with E-state index >= 15 is 0 Å². The fourth-order valence-corrected chi connectivity index (χ4v) is 6.95. The predicted molar refractivity (Wildman–Crippen MR) is 127 cm³/mol. The lowest BCUT2D eigenvalue weighted by molar-refractivity contribution is -0.182. The van der Waals surface area contributed by atoms with E-state index in [0.29, 0.717) is 30.4 Å². The maximum absolute atomic E-state index is 13.9. The third kappa shape index (κ3) is 3.45. The molecule has 0 bridgehead atoms. The van der Waals surface area contributed by atoms with Crippen molar-refractivity contribution in [1.82, 2.24) is 0 Å². The van der Waals surface area contributed by atoms with Crippen molar-refractivity contribution >= 4 is 28.9 Å². The van der Waals surface area contributed by atoms with E-state index in [1.54, 1.807) is 13.8 Å². The zero-order chi connectivity index (χ0) is 26.0. The number of aliphatic hydroxyl groups is 1. The van der Waals surface area contributed by atoms with Gasteiger partial charge in [0, 0.05) is 11.8 Å². The van der Waals surface area contributed by atoms with Gasteiger partial charge in [0.2, 0.25) is 0 Å². The molecule has 7 nitrogen and oxygen atoms in total. The van der Waals surface area contributed by atoms with Crippen LogP contribution in [0.15, 0.2) is 6.07 Å². The lowest BCUT2D eigenvalue weighted by atomic mass is 9.49. The Morgan fingerprint density at radius 1 is 1.11 bits per heavy atom. The normalized spacial score (nSPS) is 32.4. The summed E-state index contributed by atoms with van der Waals surface area (Å²) < 4.78 is 0. The van der Waals surface area contributed by atoms with Crippen LogP contribution in [0.2, 0.25) is 0 Å². The zero-order valence-corrected chi connectivity index (χ0v) is 21.0. The van der Waals surface area contributed by atoms with Crippen LogP contribution in [-0.4, -0.2) is 44.7 Å². The number of aryl methyl sites for hydroxylation is 2. The highest BCUT2D eigenvalue weighted by Gasteiger charge is 2.68. The van der Waals surface area contributed by atoms with Gasteiger partial charge in [0.05, 0.1) is 11.5 Å². The molecule has 3 aliphatic rings. The van der Waals surface area contributed by atoms with E-state index in [1.807, 2.05) is 19.9 Å². The van der Waals surface area contributed by atoms with Gasteiger partial charge in [0.25, 0.3) is 0 Å². The smallest absolute Gasteiger partial charge is 0.190 e. The van der Waals surface area contributed by atoms with Gasteiger partial charge in [0.15, 0.2) is 28.7 Å². The fraction of sp³-hybridized carbons (Fsp3) is 0.607. The Kier molecular flexibility index (Phi) is 6.37. The molecule has 0 radical (unpaired) electrons. The van der Waals surface area contributed by atoms with Gasteiger partial charge >= 0.3 is 0 Å². The lowest BCUT2D eigenvalue weighted by Crippen LogP contribution is -2.70. The number of ketones is 5. The number of Topliss-reactive ketones (excluding diaryl/α,β-unsaturated/α-hetero) is 5. The standard InChI is InChI=1S/C28H34O7/c1-6-8-15-9-14(7-2)17-10-16-11-18-19(12(3)4)24(31)20(13(5)29)26(33)28(18,35)27(34)21(16)25(32)22(17)23(15)30/h9,12,16,18-21,30,35H,6-8,10-11H2,1-5H3/t16?,18?,19?,20?,21?,28-/m0/s1. The first-order chi connectivity index (χ1) is 16.4. The third-order valence-corrected chi connectivity index (χ3v) is 8.51. The van der Waals surface area contributed by atoms with Gasteiger partial charge in [-0.15, -0.1) is 0 Å². The van der Waals surface area contributed by atoms with Crippen LogP contribution < -0.4 is 0 Å². The first kappa shape index (κ1) is 25.4. The molecule has 4 rings (SSSR count).